The molecule has 0 N–H and O–H groups in total. The SMILES string of the molecule is CCCOc1ccc(N2C(=O)C[C@H](N3CCN(c4cc(CCC)nc(C)n4)CC3)C2=O)cc1. The lowest BCUT2D eigenvalue weighted by Gasteiger charge is -2.37. The summed E-state index contributed by atoms with van der Waals surface area (Å²) in [6.07, 6.45) is 3.14. The molecule has 2 amide bonds. The minimum absolute atomic E-state index is 0.140. The van der Waals surface area contributed by atoms with Gasteiger partial charge in [0.05, 0.1) is 24.8 Å². The molecular weight excluding hydrogens is 418 g/mol. The molecule has 0 bridgehead atoms. The number of amides is 2. The zero-order valence-corrected chi connectivity index (χ0v) is 19.8. The molecule has 0 aliphatic carbocycles. The number of hydrogen-bond donors (Lipinski definition) is 0. The van der Waals surface area contributed by atoms with Crippen molar-refractivity contribution >= 4 is 23.3 Å². The molecule has 2 aromatic rings. The Morgan fingerprint density at radius 3 is 2.39 bits per heavy atom. The number of carbonyl (C=O) groups is 2. The lowest BCUT2D eigenvalue weighted by atomic mass is 10.1. The van der Waals surface area contributed by atoms with Crippen LogP contribution in [0.1, 0.15) is 44.6 Å². The van der Waals surface area contributed by atoms with Gasteiger partial charge in [0.25, 0.3) is 5.91 Å². The van der Waals surface area contributed by atoms with E-state index in [0.29, 0.717) is 25.4 Å². The van der Waals surface area contributed by atoms with E-state index in [9.17, 15) is 9.59 Å². The Hall–Kier alpha value is -3.00. The highest BCUT2D eigenvalue weighted by molar-refractivity contribution is 6.22. The first-order valence-electron chi connectivity index (χ1n) is 11.9. The summed E-state index contributed by atoms with van der Waals surface area (Å²) in [5.74, 6) is 2.20. The van der Waals surface area contributed by atoms with Crippen LogP contribution in [0.3, 0.4) is 0 Å². The Morgan fingerprint density at radius 1 is 1.00 bits per heavy atom. The third-order valence-electron chi connectivity index (χ3n) is 6.15. The third-order valence-corrected chi connectivity index (χ3v) is 6.15. The molecule has 2 aliphatic rings. The predicted octanol–water partition coefficient (Wildman–Crippen LogP) is 2.98. The first-order valence-corrected chi connectivity index (χ1v) is 11.9. The third kappa shape index (κ3) is 5.16. The lowest BCUT2D eigenvalue weighted by Crippen LogP contribution is -2.52. The van der Waals surface area contributed by atoms with Crippen LogP contribution in [0.4, 0.5) is 11.5 Å². The molecule has 176 valence electrons. The highest BCUT2D eigenvalue weighted by Crippen LogP contribution is 2.28. The van der Waals surface area contributed by atoms with E-state index in [-0.39, 0.29) is 18.2 Å². The number of nitrogens with zero attached hydrogens (tertiary/aromatic N) is 5. The first-order chi connectivity index (χ1) is 16.0. The molecule has 4 rings (SSSR count). The summed E-state index contributed by atoms with van der Waals surface area (Å²) in [7, 11) is 0. The fraction of sp³-hybridized carbons (Fsp3) is 0.520. The number of aryl methyl sites for hydroxylation is 2. The molecule has 3 heterocycles. The summed E-state index contributed by atoms with van der Waals surface area (Å²) in [5.41, 5.74) is 1.68. The zero-order chi connectivity index (χ0) is 23.4. The van der Waals surface area contributed by atoms with Gasteiger partial charge in [-0.2, -0.15) is 0 Å². The number of hydrogen-bond acceptors (Lipinski definition) is 7. The molecule has 0 saturated carbocycles. The molecule has 0 spiro atoms. The van der Waals surface area contributed by atoms with Gasteiger partial charge in [-0.25, -0.2) is 14.9 Å². The Labute approximate surface area is 195 Å². The van der Waals surface area contributed by atoms with Gasteiger partial charge >= 0.3 is 0 Å². The molecule has 1 aromatic carbocycles. The molecule has 2 aliphatic heterocycles. The Balaban J connectivity index is 1.39. The summed E-state index contributed by atoms with van der Waals surface area (Å²) in [6.45, 7) is 9.73. The number of aromatic nitrogens is 2. The van der Waals surface area contributed by atoms with Gasteiger partial charge in [0.15, 0.2) is 0 Å². The number of piperazine rings is 1. The van der Waals surface area contributed by atoms with Crippen molar-refractivity contribution in [2.75, 3.05) is 42.6 Å². The van der Waals surface area contributed by atoms with E-state index < -0.39 is 6.04 Å². The van der Waals surface area contributed by atoms with Crippen LogP contribution in [0.2, 0.25) is 0 Å². The number of ether oxygens (including phenoxy) is 1. The van der Waals surface area contributed by atoms with Crippen molar-refractivity contribution in [3.8, 4) is 5.75 Å². The van der Waals surface area contributed by atoms with Gasteiger partial charge < -0.3 is 9.64 Å². The minimum atomic E-state index is -0.404. The molecule has 1 aromatic heterocycles. The second-order valence-electron chi connectivity index (χ2n) is 8.67. The van der Waals surface area contributed by atoms with Gasteiger partial charge in [0.2, 0.25) is 5.91 Å². The van der Waals surface area contributed by atoms with Gasteiger partial charge in [-0.1, -0.05) is 20.3 Å². The maximum atomic E-state index is 13.2. The molecule has 0 radical (unpaired) electrons. The van der Waals surface area contributed by atoms with Crippen LogP contribution in [0.25, 0.3) is 0 Å². The van der Waals surface area contributed by atoms with Crippen molar-refractivity contribution in [2.24, 2.45) is 0 Å². The number of imide groups is 1. The average Bonchev–Trinajstić information content (AvgIpc) is 3.12. The monoisotopic (exact) mass is 451 g/mol. The molecule has 0 unspecified atom stereocenters. The number of rotatable bonds is 8. The highest BCUT2D eigenvalue weighted by Gasteiger charge is 2.43. The second kappa shape index (κ2) is 10.3. The van der Waals surface area contributed by atoms with Crippen LogP contribution in [-0.4, -0.2) is 65.5 Å². The maximum absolute atomic E-state index is 13.2. The standard InChI is InChI=1S/C25H33N5O3/c1-4-6-19-16-23(27-18(3)26-19)29-13-11-28(12-14-29)22-17-24(31)30(25(22)32)20-7-9-21(10-8-20)33-15-5-2/h7-10,16,22H,4-6,11-15,17H2,1-3H3/t22-/m0/s1. The van der Waals surface area contributed by atoms with E-state index in [1.807, 2.05) is 26.0 Å². The topological polar surface area (TPSA) is 78.9 Å². The van der Waals surface area contributed by atoms with Gasteiger partial charge in [0, 0.05) is 37.9 Å². The highest BCUT2D eigenvalue weighted by atomic mass is 16.5. The molecule has 33 heavy (non-hydrogen) atoms. The molecule has 8 nitrogen and oxygen atoms in total. The van der Waals surface area contributed by atoms with E-state index >= 15 is 0 Å². The van der Waals surface area contributed by atoms with Crippen molar-refractivity contribution in [1.29, 1.82) is 0 Å². The van der Waals surface area contributed by atoms with Crippen molar-refractivity contribution < 1.29 is 14.3 Å². The van der Waals surface area contributed by atoms with E-state index in [1.165, 1.54) is 4.90 Å². The van der Waals surface area contributed by atoms with Crippen LogP contribution in [0, 0.1) is 6.92 Å². The molecular formula is C25H33N5O3. The van der Waals surface area contributed by atoms with Crippen molar-refractivity contribution in [1.82, 2.24) is 14.9 Å². The first kappa shape index (κ1) is 23.2. The summed E-state index contributed by atoms with van der Waals surface area (Å²) >= 11 is 0. The average molecular weight is 452 g/mol. The molecule has 1 atom stereocenters. The number of carbonyl (C=O) groups excluding carboxylic acids is 2. The van der Waals surface area contributed by atoms with E-state index in [4.69, 9.17) is 4.74 Å². The van der Waals surface area contributed by atoms with Crippen LogP contribution >= 0.6 is 0 Å². The predicted molar refractivity (Wildman–Crippen MR) is 128 cm³/mol. The minimum Gasteiger partial charge on any atom is -0.494 e. The molecule has 8 heteroatoms. The number of anilines is 2. The largest absolute Gasteiger partial charge is 0.494 e. The van der Waals surface area contributed by atoms with E-state index in [2.05, 4.69) is 32.8 Å². The Kier molecular flexibility index (Phi) is 7.23. The smallest absolute Gasteiger partial charge is 0.251 e. The quantitative estimate of drug-likeness (QED) is 0.571. The van der Waals surface area contributed by atoms with Crippen molar-refractivity contribution in [3.63, 3.8) is 0 Å². The van der Waals surface area contributed by atoms with Crippen LogP contribution in [0.5, 0.6) is 5.75 Å². The summed E-state index contributed by atoms with van der Waals surface area (Å²) < 4.78 is 5.61. The lowest BCUT2D eigenvalue weighted by molar-refractivity contribution is -0.123. The normalized spacial score (nSPS) is 19.4. The summed E-state index contributed by atoms with van der Waals surface area (Å²) in [4.78, 5) is 40.8. The summed E-state index contributed by atoms with van der Waals surface area (Å²) in [6, 6.07) is 8.87. The zero-order valence-electron chi connectivity index (χ0n) is 19.8. The van der Waals surface area contributed by atoms with E-state index in [1.54, 1.807) is 12.1 Å². The van der Waals surface area contributed by atoms with Crippen LogP contribution in [0.15, 0.2) is 30.3 Å². The van der Waals surface area contributed by atoms with Gasteiger partial charge in [-0.3, -0.25) is 14.5 Å². The van der Waals surface area contributed by atoms with E-state index in [0.717, 1.165) is 55.4 Å². The van der Waals surface area contributed by atoms with Gasteiger partial charge in [-0.15, -0.1) is 0 Å². The van der Waals surface area contributed by atoms with Gasteiger partial charge in [-0.05, 0) is 44.0 Å². The van der Waals surface area contributed by atoms with Crippen LogP contribution < -0.4 is 14.5 Å². The maximum Gasteiger partial charge on any atom is 0.251 e. The second-order valence-corrected chi connectivity index (χ2v) is 8.67. The van der Waals surface area contributed by atoms with Crippen LogP contribution in [-0.2, 0) is 16.0 Å². The Morgan fingerprint density at radius 2 is 1.73 bits per heavy atom. The molecule has 2 saturated heterocycles. The number of benzene rings is 1. The Bertz CT molecular complexity index is 986. The van der Waals surface area contributed by atoms with Crippen molar-refractivity contribution in [2.45, 2.75) is 52.5 Å². The van der Waals surface area contributed by atoms with Crippen molar-refractivity contribution in [3.05, 3.63) is 41.9 Å². The van der Waals surface area contributed by atoms with Gasteiger partial charge in [0.1, 0.15) is 17.4 Å². The summed E-state index contributed by atoms with van der Waals surface area (Å²) in [5, 5.41) is 0. The fourth-order valence-electron chi connectivity index (χ4n) is 4.50. The molecule has 2 fully saturated rings. The fourth-order valence-corrected chi connectivity index (χ4v) is 4.50.